The van der Waals surface area contributed by atoms with Gasteiger partial charge in [0.25, 0.3) is 5.91 Å². The van der Waals surface area contributed by atoms with E-state index >= 15 is 0 Å². The summed E-state index contributed by atoms with van der Waals surface area (Å²) < 4.78 is 3.35. The van der Waals surface area contributed by atoms with Gasteiger partial charge in [-0.15, -0.1) is 11.3 Å². The van der Waals surface area contributed by atoms with Gasteiger partial charge in [-0.2, -0.15) is 5.10 Å². The molecule has 146 valence electrons. The zero-order chi connectivity index (χ0) is 19.1. The summed E-state index contributed by atoms with van der Waals surface area (Å²) in [4.78, 5) is 19.8. The molecule has 0 radical (unpaired) electrons. The minimum Gasteiger partial charge on any atom is -0.351 e. The number of thiazole rings is 1. The lowest BCUT2D eigenvalue weighted by molar-refractivity contribution is 0.0947. The highest BCUT2D eigenvalue weighted by atomic mass is 32.1. The first-order chi connectivity index (χ1) is 13.7. The number of nitrogens with one attached hydrogen (secondary N) is 1. The van der Waals surface area contributed by atoms with E-state index in [4.69, 9.17) is 10.1 Å². The monoisotopic (exact) mass is 395 g/mol. The number of fused-ring (bicyclic) bond motifs is 2. The van der Waals surface area contributed by atoms with Crippen molar-refractivity contribution >= 4 is 27.5 Å². The third-order valence-corrected chi connectivity index (χ3v) is 6.61. The molecule has 0 saturated heterocycles. The largest absolute Gasteiger partial charge is 0.351 e. The average Bonchev–Trinajstić information content (AvgIpc) is 3.30. The SMILES string of the molecule is CCNC(=O)c1nn(CC2CC2)c2c1CN(Cc1nc3ccccc3s1)CC2. The maximum Gasteiger partial charge on any atom is 0.272 e. The fraction of sp³-hybridized carbons (Fsp3) is 0.476. The maximum absolute atomic E-state index is 12.6. The molecular formula is C21H25N5OS. The Morgan fingerprint density at radius 3 is 2.96 bits per heavy atom. The van der Waals surface area contributed by atoms with E-state index in [0.717, 1.165) is 54.6 Å². The molecule has 2 aliphatic rings. The van der Waals surface area contributed by atoms with Crippen molar-refractivity contribution in [2.75, 3.05) is 13.1 Å². The highest BCUT2D eigenvalue weighted by Gasteiger charge is 2.31. The number of rotatable bonds is 6. The van der Waals surface area contributed by atoms with E-state index in [0.29, 0.717) is 12.2 Å². The number of amides is 1. The summed E-state index contributed by atoms with van der Waals surface area (Å²) in [5.74, 6) is 0.696. The van der Waals surface area contributed by atoms with Gasteiger partial charge in [0.05, 0.1) is 16.8 Å². The molecule has 28 heavy (non-hydrogen) atoms. The molecule has 7 heteroatoms. The van der Waals surface area contributed by atoms with Crippen LogP contribution in [0, 0.1) is 5.92 Å². The van der Waals surface area contributed by atoms with E-state index in [-0.39, 0.29) is 5.91 Å². The van der Waals surface area contributed by atoms with E-state index in [2.05, 4.69) is 33.1 Å². The first-order valence-corrected chi connectivity index (χ1v) is 11.0. The van der Waals surface area contributed by atoms with Crippen LogP contribution in [0.5, 0.6) is 0 Å². The summed E-state index contributed by atoms with van der Waals surface area (Å²) in [6.45, 7) is 6.10. The number of hydrogen-bond donors (Lipinski definition) is 1. The molecule has 1 aromatic carbocycles. The Kier molecular flexibility index (Phi) is 4.64. The van der Waals surface area contributed by atoms with Gasteiger partial charge in [-0.25, -0.2) is 4.98 Å². The minimum absolute atomic E-state index is 0.0462. The quantitative estimate of drug-likeness (QED) is 0.696. The second kappa shape index (κ2) is 7.29. The lowest BCUT2D eigenvalue weighted by Crippen LogP contribution is -2.32. The molecule has 0 spiro atoms. The van der Waals surface area contributed by atoms with Crippen molar-refractivity contribution in [2.24, 2.45) is 5.92 Å². The number of benzene rings is 1. The summed E-state index contributed by atoms with van der Waals surface area (Å²) >= 11 is 1.76. The van der Waals surface area contributed by atoms with Crippen molar-refractivity contribution in [1.29, 1.82) is 0 Å². The Bertz CT molecular complexity index is 986. The third kappa shape index (κ3) is 3.44. The summed E-state index contributed by atoms with van der Waals surface area (Å²) in [6, 6.07) is 8.29. The van der Waals surface area contributed by atoms with Crippen molar-refractivity contribution in [3.63, 3.8) is 0 Å². The Balaban J connectivity index is 1.39. The number of carbonyl (C=O) groups is 1. The molecule has 2 aromatic heterocycles. The first-order valence-electron chi connectivity index (χ1n) is 10.1. The molecule has 3 heterocycles. The van der Waals surface area contributed by atoms with Gasteiger partial charge in [-0.05, 0) is 37.8 Å². The molecular weight excluding hydrogens is 370 g/mol. The Morgan fingerprint density at radius 1 is 1.32 bits per heavy atom. The topological polar surface area (TPSA) is 63.1 Å². The summed E-state index contributed by atoms with van der Waals surface area (Å²) in [7, 11) is 0. The summed E-state index contributed by atoms with van der Waals surface area (Å²) in [5, 5.41) is 8.80. The fourth-order valence-electron chi connectivity index (χ4n) is 3.98. The van der Waals surface area contributed by atoms with Gasteiger partial charge in [-0.1, -0.05) is 12.1 Å². The van der Waals surface area contributed by atoms with Crippen molar-refractivity contribution in [3.05, 3.63) is 46.2 Å². The van der Waals surface area contributed by atoms with Crippen LogP contribution >= 0.6 is 11.3 Å². The Hall–Kier alpha value is -2.25. The maximum atomic E-state index is 12.6. The van der Waals surface area contributed by atoms with Gasteiger partial charge in [0.15, 0.2) is 5.69 Å². The van der Waals surface area contributed by atoms with Crippen molar-refractivity contribution in [1.82, 2.24) is 25.0 Å². The first kappa shape index (κ1) is 17.8. The average molecular weight is 396 g/mol. The summed E-state index contributed by atoms with van der Waals surface area (Å²) in [5.41, 5.74) is 4.06. The van der Waals surface area contributed by atoms with Gasteiger partial charge in [0, 0.05) is 43.9 Å². The zero-order valence-electron chi connectivity index (χ0n) is 16.1. The van der Waals surface area contributed by atoms with Gasteiger partial charge in [0.2, 0.25) is 0 Å². The minimum atomic E-state index is -0.0462. The molecule has 3 aromatic rings. The van der Waals surface area contributed by atoms with Crippen LogP contribution in [0.25, 0.3) is 10.2 Å². The molecule has 1 fully saturated rings. The zero-order valence-corrected chi connectivity index (χ0v) is 17.0. The van der Waals surface area contributed by atoms with Crippen molar-refractivity contribution in [3.8, 4) is 0 Å². The van der Waals surface area contributed by atoms with Crippen LogP contribution in [-0.4, -0.2) is 38.7 Å². The molecule has 0 bridgehead atoms. The van der Waals surface area contributed by atoms with Crippen LogP contribution in [0.1, 0.15) is 46.5 Å². The highest BCUT2D eigenvalue weighted by molar-refractivity contribution is 7.18. The molecule has 1 amide bonds. The van der Waals surface area contributed by atoms with Crippen LogP contribution in [0.4, 0.5) is 0 Å². The normalized spacial score (nSPS) is 17.0. The van der Waals surface area contributed by atoms with Gasteiger partial charge in [-0.3, -0.25) is 14.4 Å². The number of para-hydroxylation sites is 1. The van der Waals surface area contributed by atoms with Crippen LogP contribution in [0.3, 0.4) is 0 Å². The van der Waals surface area contributed by atoms with Crippen LogP contribution < -0.4 is 5.32 Å². The van der Waals surface area contributed by atoms with E-state index in [1.807, 2.05) is 13.0 Å². The molecule has 5 rings (SSSR count). The lowest BCUT2D eigenvalue weighted by atomic mass is 10.0. The fourth-order valence-corrected chi connectivity index (χ4v) is 4.99. The van der Waals surface area contributed by atoms with E-state index < -0.39 is 0 Å². The van der Waals surface area contributed by atoms with Gasteiger partial charge < -0.3 is 5.32 Å². The Morgan fingerprint density at radius 2 is 2.18 bits per heavy atom. The molecule has 0 unspecified atom stereocenters. The van der Waals surface area contributed by atoms with Crippen molar-refractivity contribution in [2.45, 2.75) is 45.8 Å². The number of aromatic nitrogens is 3. The van der Waals surface area contributed by atoms with E-state index in [1.54, 1.807) is 11.3 Å². The van der Waals surface area contributed by atoms with E-state index in [1.165, 1.54) is 23.2 Å². The molecule has 1 aliphatic carbocycles. The molecule has 0 atom stereocenters. The second-order valence-corrected chi connectivity index (χ2v) is 8.91. The molecule has 1 aliphatic heterocycles. The lowest BCUT2D eigenvalue weighted by Gasteiger charge is -2.26. The predicted octanol–water partition coefficient (Wildman–Crippen LogP) is 3.21. The smallest absolute Gasteiger partial charge is 0.272 e. The Labute approximate surface area is 168 Å². The van der Waals surface area contributed by atoms with Crippen molar-refractivity contribution < 1.29 is 4.79 Å². The van der Waals surface area contributed by atoms with Crippen LogP contribution in [0.15, 0.2) is 24.3 Å². The number of carbonyl (C=O) groups excluding carboxylic acids is 1. The molecule has 1 saturated carbocycles. The predicted molar refractivity (Wildman–Crippen MR) is 110 cm³/mol. The van der Waals surface area contributed by atoms with Crippen LogP contribution in [-0.2, 0) is 26.1 Å². The molecule has 6 nitrogen and oxygen atoms in total. The third-order valence-electron chi connectivity index (χ3n) is 5.59. The van der Waals surface area contributed by atoms with Gasteiger partial charge in [0.1, 0.15) is 5.01 Å². The number of hydrogen-bond acceptors (Lipinski definition) is 5. The highest BCUT2D eigenvalue weighted by Crippen LogP contribution is 2.33. The van der Waals surface area contributed by atoms with Crippen LogP contribution in [0.2, 0.25) is 0 Å². The summed E-state index contributed by atoms with van der Waals surface area (Å²) in [6.07, 6.45) is 3.52. The number of nitrogens with zero attached hydrogens (tertiary/aromatic N) is 4. The second-order valence-electron chi connectivity index (χ2n) is 7.79. The van der Waals surface area contributed by atoms with Gasteiger partial charge >= 0.3 is 0 Å². The van der Waals surface area contributed by atoms with E-state index in [9.17, 15) is 4.79 Å². The standard InChI is InChI=1S/C21H25N5OS/c1-2-22-21(27)20-15-12-25(10-9-17(15)26(24-20)11-14-7-8-14)13-19-23-16-5-3-4-6-18(16)28-19/h3-6,14H,2,7-13H2,1H3,(H,22,27). The molecule has 1 N–H and O–H groups in total.